The molecule has 2 aromatic carbocycles. The number of hydrogen-bond acceptors (Lipinski definition) is 1. The van der Waals surface area contributed by atoms with Crippen molar-refractivity contribution in [2.45, 2.75) is 0 Å². The molecule has 17 heavy (non-hydrogen) atoms. The summed E-state index contributed by atoms with van der Waals surface area (Å²) in [5.74, 6) is 0. The predicted octanol–water partition coefficient (Wildman–Crippen LogP) is 4.56. The largest absolute Gasteiger partial charge is 0.264 e. The predicted molar refractivity (Wildman–Crippen MR) is 72.2 cm³/mol. The fourth-order valence-corrected chi connectivity index (χ4v) is 2.27. The maximum absolute atomic E-state index is 6.24. The highest BCUT2D eigenvalue weighted by Crippen LogP contribution is 2.32. The number of pyridine rings is 1. The van der Waals surface area contributed by atoms with E-state index in [1.807, 2.05) is 48.8 Å². The Morgan fingerprint density at radius 2 is 1.65 bits per heavy atom. The molecule has 0 saturated heterocycles. The van der Waals surface area contributed by atoms with Crippen molar-refractivity contribution in [2.75, 3.05) is 0 Å². The van der Waals surface area contributed by atoms with Gasteiger partial charge in [-0.2, -0.15) is 0 Å². The molecule has 0 aliphatic heterocycles. The molecule has 0 aliphatic rings. The first-order chi connectivity index (χ1) is 8.36. The number of halogens is 1. The van der Waals surface area contributed by atoms with Crippen LogP contribution < -0.4 is 0 Å². The van der Waals surface area contributed by atoms with Crippen LogP contribution in [0.4, 0.5) is 0 Å². The lowest BCUT2D eigenvalue weighted by Crippen LogP contribution is -1.83. The molecule has 0 amide bonds. The maximum Gasteiger partial charge on any atom is 0.0484 e. The average Bonchev–Trinajstić information content (AvgIpc) is 2.39. The van der Waals surface area contributed by atoms with Gasteiger partial charge in [0.1, 0.15) is 0 Å². The van der Waals surface area contributed by atoms with E-state index in [9.17, 15) is 0 Å². The zero-order valence-electron chi connectivity index (χ0n) is 9.10. The molecule has 0 radical (unpaired) electrons. The number of nitrogens with zero attached hydrogens (tertiary/aromatic N) is 1. The highest BCUT2D eigenvalue weighted by Gasteiger charge is 2.06. The molecule has 1 nitrogen and oxygen atoms in total. The summed E-state index contributed by atoms with van der Waals surface area (Å²) in [6.45, 7) is 0. The number of fused-ring (bicyclic) bond motifs is 1. The van der Waals surface area contributed by atoms with Gasteiger partial charge in [0.15, 0.2) is 0 Å². The number of hydrogen-bond donors (Lipinski definition) is 0. The second-order valence-electron chi connectivity index (χ2n) is 3.88. The van der Waals surface area contributed by atoms with E-state index in [0.29, 0.717) is 0 Å². The van der Waals surface area contributed by atoms with Gasteiger partial charge in [-0.3, -0.25) is 4.98 Å². The first-order valence-electron chi connectivity index (χ1n) is 5.44. The van der Waals surface area contributed by atoms with E-state index < -0.39 is 0 Å². The SMILES string of the molecule is Clc1ccccc1-c1cccc2cnccc12. The van der Waals surface area contributed by atoms with Crippen LogP contribution in [0.2, 0.25) is 5.02 Å². The lowest BCUT2D eigenvalue weighted by molar-refractivity contribution is 1.36. The van der Waals surface area contributed by atoms with Gasteiger partial charge in [0.2, 0.25) is 0 Å². The average molecular weight is 240 g/mol. The molecule has 3 aromatic rings. The minimum Gasteiger partial charge on any atom is -0.264 e. The molecule has 1 heterocycles. The van der Waals surface area contributed by atoms with Crippen LogP contribution in [0.1, 0.15) is 0 Å². The second-order valence-corrected chi connectivity index (χ2v) is 4.29. The smallest absolute Gasteiger partial charge is 0.0484 e. The van der Waals surface area contributed by atoms with Crippen LogP contribution in [-0.4, -0.2) is 4.98 Å². The zero-order valence-corrected chi connectivity index (χ0v) is 9.85. The highest BCUT2D eigenvalue weighted by molar-refractivity contribution is 6.33. The van der Waals surface area contributed by atoms with Gasteiger partial charge in [-0.15, -0.1) is 0 Å². The Morgan fingerprint density at radius 3 is 2.53 bits per heavy atom. The van der Waals surface area contributed by atoms with Gasteiger partial charge in [-0.1, -0.05) is 48.0 Å². The Kier molecular flexibility index (Phi) is 2.54. The van der Waals surface area contributed by atoms with E-state index in [1.165, 1.54) is 5.39 Å². The molecule has 0 unspecified atom stereocenters. The Hall–Kier alpha value is -1.86. The van der Waals surface area contributed by atoms with E-state index in [4.69, 9.17) is 11.6 Å². The first kappa shape index (κ1) is 10.3. The van der Waals surface area contributed by atoms with Crippen molar-refractivity contribution in [3.05, 3.63) is 65.9 Å². The minimum absolute atomic E-state index is 0.775. The van der Waals surface area contributed by atoms with E-state index in [2.05, 4.69) is 17.1 Å². The minimum atomic E-state index is 0.775. The molecular weight excluding hydrogens is 230 g/mol. The number of rotatable bonds is 1. The van der Waals surface area contributed by atoms with Crippen LogP contribution in [0.15, 0.2) is 60.9 Å². The Labute approximate surface area is 105 Å². The van der Waals surface area contributed by atoms with Crippen LogP contribution in [0, 0.1) is 0 Å². The van der Waals surface area contributed by atoms with Crippen LogP contribution in [0.5, 0.6) is 0 Å². The molecule has 3 rings (SSSR count). The van der Waals surface area contributed by atoms with Crippen LogP contribution in [0.25, 0.3) is 21.9 Å². The van der Waals surface area contributed by atoms with E-state index >= 15 is 0 Å². The van der Waals surface area contributed by atoms with E-state index in [0.717, 1.165) is 21.5 Å². The molecule has 82 valence electrons. The first-order valence-corrected chi connectivity index (χ1v) is 5.82. The van der Waals surface area contributed by atoms with Crippen molar-refractivity contribution in [1.29, 1.82) is 0 Å². The summed E-state index contributed by atoms with van der Waals surface area (Å²) in [4.78, 5) is 4.14. The summed E-state index contributed by atoms with van der Waals surface area (Å²) in [7, 11) is 0. The van der Waals surface area contributed by atoms with Gasteiger partial charge in [0, 0.05) is 28.4 Å². The highest BCUT2D eigenvalue weighted by atomic mass is 35.5. The number of benzene rings is 2. The Morgan fingerprint density at radius 1 is 0.824 bits per heavy atom. The van der Waals surface area contributed by atoms with Crippen molar-refractivity contribution in [2.24, 2.45) is 0 Å². The lowest BCUT2D eigenvalue weighted by Gasteiger charge is -2.07. The maximum atomic E-state index is 6.24. The third-order valence-electron chi connectivity index (χ3n) is 2.84. The van der Waals surface area contributed by atoms with Crippen LogP contribution >= 0.6 is 11.6 Å². The second kappa shape index (κ2) is 4.19. The van der Waals surface area contributed by atoms with E-state index in [1.54, 1.807) is 0 Å². The van der Waals surface area contributed by atoms with Crippen molar-refractivity contribution in [3.63, 3.8) is 0 Å². The normalized spacial score (nSPS) is 10.6. The molecule has 0 saturated carbocycles. The number of aromatic nitrogens is 1. The molecule has 0 N–H and O–H groups in total. The lowest BCUT2D eigenvalue weighted by atomic mass is 10.00. The summed E-state index contributed by atoms with van der Waals surface area (Å²) in [5, 5.41) is 3.08. The van der Waals surface area contributed by atoms with Gasteiger partial charge < -0.3 is 0 Å². The van der Waals surface area contributed by atoms with Gasteiger partial charge in [-0.25, -0.2) is 0 Å². The Balaban J connectivity index is 2.35. The van der Waals surface area contributed by atoms with Crippen LogP contribution in [-0.2, 0) is 0 Å². The van der Waals surface area contributed by atoms with Crippen molar-refractivity contribution >= 4 is 22.4 Å². The van der Waals surface area contributed by atoms with E-state index in [-0.39, 0.29) is 0 Å². The van der Waals surface area contributed by atoms with Gasteiger partial charge in [-0.05, 0) is 23.1 Å². The molecule has 2 heteroatoms. The monoisotopic (exact) mass is 239 g/mol. The molecule has 0 spiro atoms. The zero-order chi connectivity index (χ0) is 11.7. The Bertz CT molecular complexity index is 671. The van der Waals surface area contributed by atoms with Crippen molar-refractivity contribution < 1.29 is 0 Å². The van der Waals surface area contributed by atoms with Crippen molar-refractivity contribution in [3.8, 4) is 11.1 Å². The topological polar surface area (TPSA) is 12.9 Å². The molecule has 0 fully saturated rings. The molecule has 0 aliphatic carbocycles. The third kappa shape index (κ3) is 1.79. The standard InChI is InChI=1S/C15H10ClN/c16-15-7-2-1-5-14(15)13-6-3-4-11-10-17-9-8-12(11)13/h1-10H. The van der Waals surface area contributed by atoms with Crippen LogP contribution in [0.3, 0.4) is 0 Å². The van der Waals surface area contributed by atoms with Gasteiger partial charge in [0.05, 0.1) is 0 Å². The molecular formula is C15H10ClN. The summed E-state index contributed by atoms with van der Waals surface area (Å²) in [6.07, 6.45) is 3.68. The summed E-state index contributed by atoms with van der Waals surface area (Å²) >= 11 is 6.24. The molecule has 1 aromatic heterocycles. The molecule has 0 bridgehead atoms. The fourth-order valence-electron chi connectivity index (χ4n) is 2.04. The van der Waals surface area contributed by atoms with Gasteiger partial charge in [0.25, 0.3) is 0 Å². The quantitative estimate of drug-likeness (QED) is 0.607. The van der Waals surface area contributed by atoms with Crippen molar-refractivity contribution in [1.82, 2.24) is 4.98 Å². The summed E-state index contributed by atoms with van der Waals surface area (Å²) in [5.41, 5.74) is 2.21. The summed E-state index contributed by atoms with van der Waals surface area (Å²) < 4.78 is 0. The van der Waals surface area contributed by atoms with Gasteiger partial charge >= 0.3 is 0 Å². The fraction of sp³-hybridized carbons (Fsp3) is 0. The summed E-state index contributed by atoms with van der Waals surface area (Å²) in [6, 6.07) is 16.1. The third-order valence-corrected chi connectivity index (χ3v) is 3.17. The molecule has 0 atom stereocenters.